The fourth-order valence-corrected chi connectivity index (χ4v) is 1.48. The normalized spacial score (nSPS) is 10.3. The van der Waals surface area contributed by atoms with Gasteiger partial charge in [0.25, 0.3) is 0 Å². The Morgan fingerprint density at radius 2 is 2.00 bits per heavy atom. The summed E-state index contributed by atoms with van der Waals surface area (Å²) in [6, 6.07) is 0. The van der Waals surface area contributed by atoms with Gasteiger partial charge in [0.1, 0.15) is 5.82 Å². The third kappa shape index (κ3) is 1.31. The Hall–Kier alpha value is -0.990. The highest BCUT2D eigenvalue weighted by molar-refractivity contribution is 5.17. The number of imidazole rings is 1. The monoisotopic (exact) mass is 167 g/mol. The van der Waals surface area contributed by atoms with Gasteiger partial charge in [-0.15, -0.1) is 0 Å². The Kier molecular flexibility index (Phi) is 2.74. The molecule has 0 spiro atoms. The third-order valence-electron chi connectivity index (χ3n) is 2.15. The molecule has 1 aromatic rings. The van der Waals surface area contributed by atoms with E-state index in [2.05, 4.69) is 35.9 Å². The van der Waals surface area contributed by atoms with E-state index in [4.69, 9.17) is 0 Å². The smallest absolute Gasteiger partial charge is 0.127 e. The van der Waals surface area contributed by atoms with Crippen molar-refractivity contribution < 1.29 is 0 Å². The minimum Gasteiger partial charge on any atom is -0.328 e. The Morgan fingerprint density at radius 3 is 2.33 bits per heavy atom. The molecule has 0 fully saturated rings. The second-order valence-electron chi connectivity index (χ2n) is 2.83. The summed E-state index contributed by atoms with van der Waals surface area (Å²) in [4.78, 5) is 4.52. The molecule has 3 heteroatoms. The summed E-state index contributed by atoms with van der Waals surface area (Å²) in [6.07, 6.45) is 1.98. The van der Waals surface area contributed by atoms with Crippen molar-refractivity contribution in [2.45, 2.75) is 33.6 Å². The summed E-state index contributed by atoms with van der Waals surface area (Å²) < 4.78 is 2.05. The first-order valence-corrected chi connectivity index (χ1v) is 4.49. The maximum absolute atomic E-state index is 4.52. The van der Waals surface area contributed by atoms with Crippen molar-refractivity contribution in [3.05, 3.63) is 17.2 Å². The van der Waals surface area contributed by atoms with Gasteiger partial charge in [0.2, 0.25) is 0 Å². The standard InChI is InChI=1S/C9H17N3/c1-5-8-7(3)12(10-4)9(6-2)11-8/h10H,5-6H2,1-4H3. The molecule has 12 heavy (non-hydrogen) atoms. The van der Waals surface area contributed by atoms with Gasteiger partial charge in [0, 0.05) is 13.5 Å². The minimum atomic E-state index is 0.974. The molecule has 1 aromatic heterocycles. The van der Waals surface area contributed by atoms with Crippen LogP contribution in [-0.4, -0.2) is 16.7 Å². The van der Waals surface area contributed by atoms with E-state index < -0.39 is 0 Å². The Bertz CT molecular complexity index is 263. The molecule has 0 unspecified atom stereocenters. The minimum absolute atomic E-state index is 0.974. The predicted molar refractivity (Wildman–Crippen MR) is 51.0 cm³/mol. The van der Waals surface area contributed by atoms with Crippen LogP contribution >= 0.6 is 0 Å². The molecule has 1 N–H and O–H groups in total. The molecule has 1 rings (SSSR count). The number of hydrogen-bond donors (Lipinski definition) is 1. The zero-order valence-electron chi connectivity index (χ0n) is 8.31. The van der Waals surface area contributed by atoms with Crippen molar-refractivity contribution in [2.75, 3.05) is 12.5 Å². The van der Waals surface area contributed by atoms with E-state index in [1.54, 1.807) is 0 Å². The average Bonchev–Trinajstić information content (AvgIpc) is 2.41. The van der Waals surface area contributed by atoms with Gasteiger partial charge in [-0.2, -0.15) is 0 Å². The highest BCUT2D eigenvalue weighted by atomic mass is 15.4. The molecular formula is C9H17N3. The summed E-state index contributed by atoms with van der Waals surface area (Å²) in [5, 5.41) is 0. The van der Waals surface area contributed by atoms with Crippen LogP contribution in [0, 0.1) is 6.92 Å². The van der Waals surface area contributed by atoms with Crippen LogP contribution in [0.1, 0.15) is 31.1 Å². The van der Waals surface area contributed by atoms with Crippen molar-refractivity contribution in [3.63, 3.8) is 0 Å². The molecule has 0 radical (unpaired) electrons. The number of aromatic nitrogens is 2. The topological polar surface area (TPSA) is 29.9 Å². The molecule has 0 aliphatic carbocycles. The fourth-order valence-electron chi connectivity index (χ4n) is 1.48. The molecule has 0 aromatic carbocycles. The van der Waals surface area contributed by atoms with Gasteiger partial charge < -0.3 is 5.43 Å². The number of rotatable bonds is 3. The zero-order chi connectivity index (χ0) is 9.14. The molecule has 0 bridgehead atoms. The van der Waals surface area contributed by atoms with E-state index in [9.17, 15) is 0 Å². The SMILES string of the molecule is CCc1nc(CC)n(NC)c1C. The maximum atomic E-state index is 4.52. The van der Waals surface area contributed by atoms with Gasteiger partial charge in [-0.3, -0.25) is 0 Å². The van der Waals surface area contributed by atoms with Crippen LogP contribution in [0.4, 0.5) is 0 Å². The second-order valence-corrected chi connectivity index (χ2v) is 2.83. The first kappa shape index (κ1) is 9.10. The van der Waals surface area contributed by atoms with Crippen molar-refractivity contribution in [3.8, 4) is 0 Å². The van der Waals surface area contributed by atoms with Crippen molar-refractivity contribution in [1.82, 2.24) is 9.66 Å². The Morgan fingerprint density at radius 1 is 1.33 bits per heavy atom. The van der Waals surface area contributed by atoms with Gasteiger partial charge >= 0.3 is 0 Å². The number of nitrogens with zero attached hydrogens (tertiary/aromatic N) is 2. The van der Waals surface area contributed by atoms with E-state index in [1.165, 1.54) is 11.4 Å². The van der Waals surface area contributed by atoms with Crippen LogP contribution in [-0.2, 0) is 12.8 Å². The van der Waals surface area contributed by atoms with Crippen LogP contribution in [0.3, 0.4) is 0 Å². The van der Waals surface area contributed by atoms with Crippen molar-refractivity contribution in [2.24, 2.45) is 0 Å². The highest BCUT2D eigenvalue weighted by Crippen LogP contribution is 2.09. The molecule has 0 aliphatic heterocycles. The lowest BCUT2D eigenvalue weighted by Gasteiger charge is -2.06. The second kappa shape index (κ2) is 3.61. The van der Waals surface area contributed by atoms with Crippen molar-refractivity contribution >= 4 is 0 Å². The van der Waals surface area contributed by atoms with Crippen molar-refractivity contribution in [1.29, 1.82) is 0 Å². The number of aryl methyl sites for hydroxylation is 2. The lowest BCUT2D eigenvalue weighted by atomic mass is 10.3. The summed E-state index contributed by atoms with van der Waals surface area (Å²) >= 11 is 0. The first-order valence-electron chi connectivity index (χ1n) is 4.49. The number of nitrogens with one attached hydrogen (secondary N) is 1. The van der Waals surface area contributed by atoms with Gasteiger partial charge in [0.05, 0.1) is 11.4 Å². The van der Waals surface area contributed by atoms with Gasteiger partial charge in [-0.25, -0.2) is 9.66 Å². The third-order valence-corrected chi connectivity index (χ3v) is 2.15. The van der Waals surface area contributed by atoms with Gasteiger partial charge in [0.15, 0.2) is 0 Å². The largest absolute Gasteiger partial charge is 0.328 e. The van der Waals surface area contributed by atoms with Gasteiger partial charge in [-0.05, 0) is 13.3 Å². The van der Waals surface area contributed by atoms with Crippen LogP contribution < -0.4 is 5.43 Å². The lowest BCUT2D eigenvalue weighted by molar-refractivity contribution is 0.797. The zero-order valence-corrected chi connectivity index (χ0v) is 8.31. The molecule has 3 nitrogen and oxygen atoms in total. The maximum Gasteiger partial charge on any atom is 0.127 e. The van der Waals surface area contributed by atoms with E-state index in [-0.39, 0.29) is 0 Å². The Labute approximate surface area is 73.8 Å². The lowest BCUT2D eigenvalue weighted by Crippen LogP contribution is -2.13. The predicted octanol–water partition coefficient (Wildman–Crippen LogP) is 1.49. The van der Waals surface area contributed by atoms with Crippen LogP contribution in [0.2, 0.25) is 0 Å². The summed E-state index contributed by atoms with van der Waals surface area (Å²) in [5.41, 5.74) is 5.55. The van der Waals surface area contributed by atoms with E-state index >= 15 is 0 Å². The fraction of sp³-hybridized carbons (Fsp3) is 0.667. The quantitative estimate of drug-likeness (QED) is 0.739. The van der Waals surface area contributed by atoms with Crippen LogP contribution in [0.25, 0.3) is 0 Å². The van der Waals surface area contributed by atoms with E-state index in [0.29, 0.717) is 0 Å². The van der Waals surface area contributed by atoms with E-state index in [0.717, 1.165) is 18.7 Å². The molecular weight excluding hydrogens is 150 g/mol. The summed E-state index contributed by atoms with van der Waals surface area (Å²) in [7, 11) is 1.92. The van der Waals surface area contributed by atoms with Gasteiger partial charge in [-0.1, -0.05) is 13.8 Å². The molecule has 0 saturated carbocycles. The van der Waals surface area contributed by atoms with Crippen LogP contribution in [0.15, 0.2) is 0 Å². The molecule has 0 atom stereocenters. The van der Waals surface area contributed by atoms with Crippen LogP contribution in [0.5, 0.6) is 0 Å². The molecule has 0 saturated heterocycles. The molecule has 68 valence electrons. The summed E-state index contributed by atoms with van der Waals surface area (Å²) in [5.74, 6) is 1.12. The highest BCUT2D eigenvalue weighted by Gasteiger charge is 2.08. The summed E-state index contributed by atoms with van der Waals surface area (Å²) in [6.45, 7) is 6.35. The Balaban J connectivity index is 3.13. The molecule has 0 amide bonds. The number of hydrogen-bond acceptors (Lipinski definition) is 2. The first-order chi connectivity index (χ1) is 5.74. The average molecular weight is 167 g/mol. The molecule has 1 heterocycles. The van der Waals surface area contributed by atoms with E-state index in [1.807, 2.05) is 7.05 Å². The molecule has 0 aliphatic rings.